The number of amides is 2. The van der Waals surface area contributed by atoms with E-state index in [9.17, 15) is 9.59 Å². The summed E-state index contributed by atoms with van der Waals surface area (Å²) in [6, 6.07) is 31.8. The van der Waals surface area contributed by atoms with Crippen LogP contribution in [0.2, 0.25) is 5.02 Å². The van der Waals surface area contributed by atoms with Gasteiger partial charge < -0.3 is 15.4 Å². The Labute approximate surface area is 219 Å². The first-order chi connectivity index (χ1) is 17.5. The number of nitrogens with one attached hydrogen (secondary N) is 2. The molecule has 0 aliphatic heterocycles. The predicted octanol–water partition coefficient (Wildman–Crippen LogP) is 7.00. The lowest BCUT2D eigenvalue weighted by Gasteiger charge is -2.18. The molecule has 0 aliphatic carbocycles. The van der Waals surface area contributed by atoms with Crippen LogP contribution in [0.5, 0.6) is 5.75 Å². The quantitative estimate of drug-likeness (QED) is 0.235. The average Bonchev–Trinajstić information content (AvgIpc) is 2.88. The Morgan fingerprint density at radius 2 is 1.53 bits per heavy atom. The number of anilines is 2. The summed E-state index contributed by atoms with van der Waals surface area (Å²) in [4.78, 5) is 26.7. The number of hydrogen-bond donors (Lipinski definition) is 2. The highest BCUT2D eigenvalue weighted by Crippen LogP contribution is 2.37. The summed E-state index contributed by atoms with van der Waals surface area (Å²) in [5.41, 5.74) is 3.06. The Hall–Kier alpha value is -3.74. The third-order valence-electron chi connectivity index (χ3n) is 5.34. The fraction of sp³-hybridized carbons (Fsp3) is 0.103. The lowest BCUT2D eigenvalue weighted by molar-refractivity contribution is -0.116. The van der Waals surface area contributed by atoms with Gasteiger partial charge in [0.25, 0.3) is 0 Å². The van der Waals surface area contributed by atoms with Crippen LogP contribution in [-0.2, 0) is 16.0 Å². The minimum atomic E-state index is -0.526. The van der Waals surface area contributed by atoms with E-state index in [-0.39, 0.29) is 18.2 Å². The number of halogens is 1. The van der Waals surface area contributed by atoms with E-state index < -0.39 is 5.25 Å². The first kappa shape index (κ1) is 25.4. The molecule has 0 bridgehead atoms. The van der Waals surface area contributed by atoms with Crippen LogP contribution in [0, 0.1) is 0 Å². The van der Waals surface area contributed by atoms with E-state index in [0.29, 0.717) is 22.1 Å². The smallest absolute Gasteiger partial charge is 0.242 e. The molecule has 7 heteroatoms. The zero-order valence-corrected chi connectivity index (χ0v) is 21.2. The van der Waals surface area contributed by atoms with Crippen molar-refractivity contribution in [1.82, 2.24) is 0 Å². The number of rotatable bonds is 9. The SMILES string of the molecule is COc1ccc(NC(=O)C(Sc2cccc(NC(=O)Cc3ccccc3)c2)c2ccccc2)cc1Cl. The molecule has 5 nitrogen and oxygen atoms in total. The fourth-order valence-corrected chi connectivity index (χ4v) is 4.96. The van der Waals surface area contributed by atoms with E-state index in [2.05, 4.69) is 10.6 Å². The van der Waals surface area contributed by atoms with E-state index in [1.165, 1.54) is 11.8 Å². The van der Waals surface area contributed by atoms with Crippen molar-refractivity contribution in [1.29, 1.82) is 0 Å². The predicted molar refractivity (Wildman–Crippen MR) is 147 cm³/mol. The van der Waals surface area contributed by atoms with Gasteiger partial charge in [-0.3, -0.25) is 9.59 Å². The second-order valence-electron chi connectivity index (χ2n) is 7.99. The van der Waals surface area contributed by atoms with E-state index in [1.54, 1.807) is 25.3 Å². The largest absolute Gasteiger partial charge is 0.495 e. The van der Waals surface area contributed by atoms with Crippen molar-refractivity contribution in [3.05, 3.63) is 119 Å². The lowest BCUT2D eigenvalue weighted by atomic mass is 10.1. The lowest BCUT2D eigenvalue weighted by Crippen LogP contribution is -2.19. The molecular weight excluding hydrogens is 492 g/mol. The third-order valence-corrected chi connectivity index (χ3v) is 6.88. The molecule has 4 rings (SSSR count). The van der Waals surface area contributed by atoms with E-state index >= 15 is 0 Å². The van der Waals surface area contributed by atoms with E-state index in [4.69, 9.17) is 16.3 Å². The van der Waals surface area contributed by atoms with Gasteiger partial charge in [0, 0.05) is 16.3 Å². The van der Waals surface area contributed by atoms with Crippen molar-refractivity contribution in [2.45, 2.75) is 16.6 Å². The van der Waals surface area contributed by atoms with Crippen molar-refractivity contribution in [2.24, 2.45) is 0 Å². The molecule has 4 aromatic carbocycles. The maximum absolute atomic E-state index is 13.4. The first-order valence-corrected chi connectivity index (χ1v) is 12.6. The molecule has 2 N–H and O–H groups in total. The molecule has 4 aromatic rings. The minimum Gasteiger partial charge on any atom is -0.495 e. The van der Waals surface area contributed by atoms with Crippen molar-refractivity contribution >= 4 is 46.6 Å². The van der Waals surface area contributed by atoms with Gasteiger partial charge in [-0.2, -0.15) is 0 Å². The molecule has 2 amide bonds. The summed E-state index contributed by atoms with van der Waals surface area (Å²) in [7, 11) is 1.54. The number of ether oxygens (including phenoxy) is 1. The van der Waals surface area contributed by atoms with Crippen molar-refractivity contribution < 1.29 is 14.3 Å². The third kappa shape index (κ3) is 6.90. The number of benzene rings is 4. The second-order valence-corrected chi connectivity index (χ2v) is 9.57. The Kier molecular flexibility index (Phi) is 8.66. The highest BCUT2D eigenvalue weighted by Gasteiger charge is 2.23. The summed E-state index contributed by atoms with van der Waals surface area (Å²) in [6.07, 6.45) is 0.289. The van der Waals surface area contributed by atoms with Crippen molar-refractivity contribution in [2.75, 3.05) is 17.7 Å². The monoisotopic (exact) mass is 516 g/mol. The van der Waals surface area contributed by atoms with Gasteiger partial charge in [-0.15, -0.1) is 11.8 Å². The molecule has 0 aliphatic rings. The summed E-state index contributed by atoms with van der Waals surface area (Å²) in [5.74, 6) is 0.248. The molecule has 0 heterocycles. The van der Waals surface area contributed by atoms with Crippen LogP contribution in [0.1, 0.15) is 16.4 Å². The Balaban J connectivity index is 1.50. The normalized spacial score (nSPS) is 11.4. The fourth-order valence-electron chi connectivity index (χ4n) is 3.62. The van der Waals surface area contributed by atoms with Gasteiger partial charge in [0.1, 0.15) is 11.0 Å². The highest BCUT2D eigenvalue weighted by molar-refractivity contribution is 8.00. The van der Waals surface area contributed by atoms with Gasteiger partial charge in [0.15, 0.2) is 0 Å². The molecule has 1 unspecified atom stereocenters. The second kappa shape index (κ2) is 12.3. The first-order valence-electron chi connectivity index (χ1n) is 11.3. The van der Waals surface area contributed by atoms with Crippen LogP contribution >= 0.6 is 23.4 Å². The molecule has 0 spiro atoms. The Morgan fingerprint density at radius 3 is 2.22 bits per heavy atom. The zero-order valence-electron chi connectivity index (χ0n) is 19.6. The molecule has 1 atom stereocenters. The Morgan fingerprint density at radius 1 is 0.833 bits per heavy atom. The summed E-state index contributed by atoms with van der Waals surface area (Å²) in [6.45, 7) is 0. The zero-order chi connectivity index (χ0) is 25.3. The number of carbonyl (C=O) groups is 2. The standard InChI is InChI=1S/C29H25ClN2O3S/c1-35-26-16-15-23(19-25(26)30)32-29(34)28(21-11-6-3-7-12-21)36-24-14-8-13-22(18-24)31-27(33)17-20-9-4-2-5-10-20/h2-16,18-19,28H,17H2,1H3,(H,31,33)(H,32,34). The van der Waals surface area contributed by atoms with Crippen molar-refractivity contribution in [3.8, 4) is 5.75 Å². The van der Waals surface area contributed by atoms with Gasteiger partial charge in [0.05, 0.1) is 18.6 Å². The molecule has 0 fully saturated rings. The number of thioether (sulfide) groups is 1. The molecule has 182 valence electrons. The van der Waals surface area contributed by atoms with Gasteiger partial charge >= 0.3 is 0 Å². The van der Waals surface area contributed by atoms with Gasteiger partial charge in [0.2, 0.25) is 11.8 Å². The number of methoxy groups -OCH3 is 1. The minimum absolute atomic E-state index is 0.0999. The van der Waals surface area contributed by atoms with Gasteiger partial charge in [-0.25, -0.2) is 0 Å². The molecule has 0 saturated heterocycles. The molecule has 0 saturated carbocycles. The van der Waals surface area contributed by atoms with Crippen LogP contribution in [0.15, 0.2) is 108 Å². The topological polar surface area (TPSA) is 67.4 Å². The number of carbonyl (C=O) groups excluding carboxylic acids is 2. The van der Waals surface area contributed by atoms with Crippen LogP contribution in [-0.4, -0.2) is 18.9 Å². The highest BCUT2D eigenvalue weighted by atomic mass is 35.5. The maximum atomic E-state index is 13.4. The Bertz CT molecular complexity index is 1330. The molecule has 0 radical (unpaired) electrons. The summed E-state index contributed by atoms with van der Waals surface area (Å²) in [5, 5.41) is 5.80. The van der Waals surface area contributed by atoms with Gasteiger partial charge in [-0.1, -0.05) is 78.3 Å². The van der Waals surface area contributed by atoms with Crippen molar-refractivity contribution in [3.63, 3.8) is 0 Å². The van der Waals surface area contributed by atoms with Crippen LogP contribution < -0.4 is 15.4 Å². The summed E-state index contributed by atoms with van der Waals surface area (Å²) >= 11 is 7.64. The number of hydrogen-bond acceptors (Lipinski definition) is 4. The van der Waals surface area contributed by atoms with E-state index in [0.717, 1.165) is 16.0 Å². The summed E-state index contributed by atoms with van der Waals surface area (Å²) < 4.78 is 5.19. The maximum Gasteiger partial charge on any atom is 0.242 e. The van der Waals surface area contributed by atoms with Crippen LogP contribution in [0.25, 0.3) is 0 Å². The van der Waals surface area contributed by atoms with Gasteiger partial charge in [-0.05, 0) is 47.5 Å². The van der Waals surface area contributed by atoms with Crippen LogP contribution in [0.4, 0.5) is 11.4 Å². The molecule has 0 aromatic heterocycles. The van der Waals surface area contributed by atoms with Crippen LogP contribution in [0.3, 0.4) is 0 Å². The average molecular weight is 517 g/mol. The molecule has 36 heavy (non-hydrogen) atoms. The molecular formula is C29H25ClN2O3S. The van der Waals surface area contributed by atoms with E-state index in [1.807, 2.05) is 84.9 Å².